The van der Waals surface area contributed by atoms with Crippen LogP contribution in [0.5, 0.6) is 0 Å². The number of nitrogens with zero attached hydrogens (tertiary/aromatic N) is 1. The number of hydrogen-bond donors (Lipinski definition) is 0. The quantitative estimate of drug-likeness (QED) is 0.626. The molecule has 0 aliphatic carbocycles. The van der Waals surface area contributed by atoms with E-state index in [2.05, 4.69) is 25.4 Å². The lowest BCUT2D eigenvalue weighted by molar-refractivity contribution is 1.01. The molecule has 0 saturated heterocycles. The summed E-state index contributed by atoms with van der Waals surface area (Å²) in [5, 5.41) is 0. The summed E-state index contributed by atoms with van der Waals surface area (Å²) in [6.45, 7) is 7.94. The third kappa shape index (κ3) is 1.48. The molecular formula is C10H13N. The van der Waals surface area contributed by atoms with Crippen molar-refractivity contribution in [1.29, 1.82) is 0 Å². The van der Waals surface area contributed by atoms with Crippen LogP contribution in [0.2, 0.25) is 0 Å². The van der Waals surface area contributed by atoms with Crippen molar-refractivity contribution in [3.05, 3.63) is 35.7 Å². The van der Waals surface area contributed by atoms with Gasteiger partial charge in [0.2, 0.25) is 0 Å². The summed E-state index contributed by atoms with van der Waals surface area (Å²) in [7, 11) is 0. The SMILES string of the molecule is C=Cc1ccnc(CC)c1C. The van der Waals surface area contributed by atoms with E-state index >= 15 is 0 Å². The van der Waals surface area contributed by atoms with E-state index in [1.165, 1.54) is 16.8 Å². The van der Waals surface area contributed by atoms with Crippen molar-refractivity contribution >= 4 is 6.08 Å². The van der Waals surface area contributed by atoms with Crippen LogP contribution in [-0.4, -0.2) is 4.98 Å². The second kappa shape index (κ2) is 3.33. The van der Waals surface area contributed by atoms with Crippen LogP contribution in [0, 0.1) is 6.92 Å². The molecule has 0 amide bonds. The zero-order valence-corrected chi connectivity index (χ0v) is 7.09. The first kappa shape index (κ1) is 7.99. The second-order valence-corrected chi connectivity index (χ2v) is 2.53. The average molecular weight is 147 g/mol. The molecule has 0 N–H and O–H groups in total. The van der Waals surface area contributed by atoms with Gasteiger partial charge < -0.3 is 0 Å². The van der Waals surface area contributed by atoms with Gasteiger partial charge in [0.1, 0.15) is 0 Å². The summed E-state index contributed by atoms with van der Waals surface area (Å²) in [4.78, 5) is 4.26. The van der Waals surface area contributed by atoms with Gasteiger partial charge >= 0.3 is 0 Å². The molecule has 1 aromatic heterocycles. The van der Waals surface area contributed by atoms with E-state index in [1.807, 2.05) is 18.3 Å². The Hall–Kier alpha value is -1.11. The van der Waals surface area contributed by atoms with Gasteiger partial charge in [-0.1, -0.05) is 19.6 Å². The number of pyridine rings is 1. The van der Waals surface area contributed by atoms with Crippen molar-refractivity contribution in [3.63, 3.8) is 0 Å². The Balaban J connectivity index is 3.20. The Bertz CT molecular complexity index is 264. The molecule has 0 bridgehead atoms. The second-order valence-electron chi connectivity index (χ2n) is 2.53. The highest BCUT2D eigenvalue weighted by atomic mass is 14.7. The lowest BCUT2D eigenvalue weighted by Gasteiger charge is -2.03. The molecule has 0 atom stereocenters. The van der Waals surface area contributed by atoms with Crippen LogP contribution in [0.1, 0.15) is 23.7 Å². The summed E-state index contributed by atoms with van der Waals surface area (Å²) >= 11 is 0. The standard InChI is InChI=1S/C10H13N/c1-4-9-6-7-11-10(5-2)8(9)3/h4,6-7H,1,5H2,2-3H3. The van der Waals surface area contributed by atoms with E-state index < -0.39 is 0 Å². The van der Waals surface area contributed by atoms with Crippen LogP contribution >= 0.6 is 0 Å². The molecule has 0 aliphatic rings. The van der Waals surface area contributed by atoms with Crippen LogP contribution in [0.25, 0.3) is 6.08 Å². The summed E-state index contributed by atoms with van der Waals surface area (Å²) in [5.74, 6) is 0. The van der Waals surface area contributed by atoms with Gasteiger partial charge in [0.05, 0.1) is 0 Å². The molecule has 0 aliphatic heterocycles. The van der Waals surface area contributed by atoms with E-state index in [1.54, 1.807) is 0 Å². The Morgan fingerprint density at radius 2 is 2.36 bits per heavy atom. The average Bonchev–Trinajstić information content (AvgIpc) is 2.05. The van der Waals surface area contributed by atoms with Gasteiger partial charge in [0.25, 0.3) is 0 Å². The Labute approximate surface area is 67.8 Å². The molecule has 1 aromatic rings. The predicted molar refractivity (Wildman–Crippen MR) is 48.4 cm³/mol. The van der Waals surface area contributed by atoms with E-state index in [0.717, 1.165) is 6.42 Å². The topological polar surface area (TPSA) is 12.9 Å². The maximum absolute atomic E-state index is 4.26. The van der Waals surface area contributed by atoms with Crippen LogP contribution in [-0.2, 0) is 6.42 Å². The molecule has 1 heteroatoms. The zero-order valence-electron chi connectivity index (χ0n) is 7.09. The Morgan fingerprint density at radius 1 is 1.64 bits per heavy atom. The Kier molecular flexibility index (Phi) is 2.42. The minimum absolute atomic E-state index is 0.994. The fraction of sp³-hybridized carbons (Fsp3) is 0.300. The van der Waals surface area contributed by atoms with Crippen molar-refractivity contribution in [2.75, 3.05) is 0 Å². The van der Waals surface area contributed by atoms with Gasteiger partial charge in [-0.15, -0.1) is 0 Å². The van der Waals surface area contributed by atoms with Gasteiger partial charge in [-0.2, -0.15) is 0 Å². The normalized spacial score (nSPS) is 9.64. The summed E-state index contributed by atoms with van der Waals surface area (Å²) in [6.07, 6.45) is 4.70. The minimum Gasteiger partial charge on any atom is -0.261 e. The molecule has 11 heavy (non-hydrogen) atoms. The van der Waals surface area contributed by atoms with Crippen molar-refractivity contribution in [3.8, 4) is 0 Å². The molecule has 1 nitrogen and oxygen atoms in total. The molecule has 0 radical (unpaired) electrons. The van der Waals surface area contributed by atoms with Gasteiger partial charge in [0, 0.05) is 11.9 Å². The van der Waals surface area contributed by atoms with Crippen molar-refractivity contribution in [2.45, 2.75) is 20.3 Å². The van der Waals surface area contributed by atoms with Crippen molar-refractivity contribution < 1.29 is 0 Å². The van der Waals surface area contributed by atoms with Gasteiger partial charge in [-0.3, -0.25) is 4.98 Å². The zero-order chi connectivity index (χ0) is 8.27. The third-order valence-electron chi connectivity index (χ3n) is 1.91. The van der Waals surface area contributed by atoms with E-state index in [-0.39, 0.29) is 0 Å². The number of rotatable bonds is 2. The van der Waals surface area contributed by atoms with Crippen LogP contribution in [0.3, 0.4) is 0 Å². The summed E-state index contributed by atoms with van der Waals surface area (Å²) < 4.78 is 0. The molecule has 0 unspecified atom stereocenters. The fourth-order valence-corrected chi connectivity index (χ4v) is 1.17. The lowest BCUT2D eigenvalue weighted by Crippen LogP contribution is -1.93. The maximum atomic E-state index is 4.26. The minimum atomic E-state index is 0.994. The maximum Gasteiger partial charge on any atom is 0.0435 e. The van der Waals surface area contributed by atoms with E-state index in [0.29, 0.717) is 0 Å². The van der Waals surface area contributed by atoms with Crippen LogP contribution < -0.4 is 0 Å². The van der Waals surface area contributed by atoms with Gasteiger partial charge in [-0.25, -0.2) is 0 Å². The van der Waals surface area contributed by atoms with Crippen molar-refractivity contribution in [2.24, 2.45) is 0 Å². The van der Waals surface area contributed by atoms with Crippen LogP contribution in [0.15, 0.2) is 18.8 Å². The molecule has 0 spiro atoms. The highest BCUT2D eigenvalue weighted by molar-refractivity contribution is 5.51. The first-order valence-corrected chi connectivity index (χ1v) is 3.86. The van der Waals surface area contributed by atoms with E-state index in [4.69, 9.17) is 0 Å². The first-order valence-electron chi connectivity index (χ1n) is 3.86. The summed E-state index contributed by atoms with van der Waals surface area (Å²) in [5.41, 5.74) is 3.62. The molecule has 1 heterocycles. The van der Waals surface area contributed by atoms with Gasteiger partial charge in [0.15, 0.2) is 0 Å². The van der Waals surface area contributed by atoms with Gasteiger partial charge in [-0.05, 0) is 30.5 Å². The number of aryl methyl sites for hydroxylation is 1. The van der Waals surface area contributed by atoms with Crippen LogP contribution in [0.4, 0.5) is 0 Å². The molecule has 58 valence electrons. The largest absolute Gasteiger partial charge is 0.261 e. The highest BCUT2D eigenvalue weighted by Gasteiger charge is 1.98. The molecule has 1 rings (SSSR count). The highest BCUT2D eigenvalue weighted by Crippen LogP contribution is 2.11. The van der Waals surface area contributed by atoms with Crippen molar-refractivity contribution in [1.82, 2.24) is 4.98 Å². The third-order valence-corrected chi connectivity index (χ3v) is 1.91. The number of hydrogen-bond acceptors (Lipinski definition) is 1. The fourth-order valence-electron chi connectivity index (χ4n) is 1.17. The molecule has 0 aromatic carbocycles. The molecule has 0 fully saturated rings. The summed E-state index contributed by atoms with van der Waals surface area (Å²) in [6, 6.07) is 1.99. The monoisotopic (exact) mass is 147 g/mol. The number of aromatic nitrogens is 1. The Morgan fingerprint density at radius 3 is 2.91 bits per heavy atom. The molecule has 0 saturated carbocycles. The smallest absolute Gasteiger partial charge is 0.0435 e. The lowest BCUT2D eigenvalue weighted by atomic mass is 10.1. The molecular weight excluding hydrogens is 134 g/mol. The first-order chi connectivity index (χ1) is 5.29. The predicted octanol–water partition coefficient (Wildman–Crippen LogP) is 2.60. The van der Waals surface area contributed by atoms with E-state index in [9.17, 15) is 0 Å².